The Kier molecular flexibility index (Phi) is 9.25. The Labute approximate surface area is 175 Å². The van der Waals surface area contributed by atoms with Crippen molar-refractivity contribution in [2.75, 3.05) is 40.3 Å². The third-order valence-corrected chi connectivity index (χ3v) is 5.12. The Morgan fingerprint density at radius 2 is 2.03 bits per heavy atom. The topological polar surface area (TPSA) is 69.2 Å². The van der Waals surface area contributed by atoms with E-state index in [1.807, 2.05) is 24.3 Å². The molecule has 0 aliphatic carbocycles. The van der Waals surface area contributed by atoms with Gasteiger partial charge < -0.3 is 25.2 Å². The van der Waals surface area contributed by atoms with E-state index < -0.39 is 0 Å². The molecule has 1 aromatic carbocycles. The number of likely N-dealkylation sites (N-methyl/N-ethyl adjacent to an activating group) is 1. The maximum absolute atomic E-state index is 11.7. The molecule has 0 radical (unpaired) electrons. The summed E-state index contributed by atoms with van der Waals surface area (Å²) in [6.45, 7) is 10.3. The fourth-order valence-corrected chi connectivity index (χ4v) is 3.25. The minimum absolute atomic E-state index is 0.0407. The SMILES string of the molecule is CCNC(=NCc1cccc(OCC(=O)N(C)C)c1)NC1CCN(C(C)C)CC1. The van der Waals surface area contributed by atoms with Crippen LogP contribution in [0.15, 0.2) is 29.3 Å². The van der Waals surface area contributed by atoms with Gasteiger partial charge in [0.25, 0.3) is 5.91 Å². The molecule has 0 spiro atoms. The first-order chi connectivity index (χ1) is 13.9. The number of carbonyl (C=O) groups is 1. The summed E-state index contributed by atoms with van der Waals surface area (Å²) in [5.74, 6) is 1.48. The van der Waals surface area contributed by atoms with Gasteiger partial charge in [-0.3, -0.25) is 4.79 Å². The molecule has 1 fully saturated rings. The van der Waals surface area contributed by atoms with Crippen molar-refractivity contribution in [3.63, 3.8) is 0 Å². The van der Waals surface area contributed by atoms with Crippen molar-refractivity contribution >= 4 is 11.9 Å². The molecule has 0 atom stereocenters. The highest BCUT2D eigenvalue weighted by molar-refractivity contribution is 5.80. The fraction of sp³-hybridized carbons (Fsp3) is 0.636. The Balaban J connectivity index is 1.91. The molecule has 1 amide bonds. The molecular formula is C22H37N5O2. The number of piperidine rings is 1. The molecule has 0 unspecified atom stereocenters. The molecule has 7 heteroatoms. The van der Waals surface area contributed by atoms with E-state index in [1.54, 1.807) is 14.1 Å². The van der Waals surface area contributed by atoms with Crippen molar-refractivity contribution in [3.8, 4) is 5.75 Å². The molecule has 1 saturated heterocycles. The number of nitrogens with zero attached hydrogens (tertiary/aromatic N) is 3. The van der Waals surface area contributed by atoms with E-state index in [0.717, 1.165) is 44.0 Å². The molecule has 1 aliphatic rings. The van der Waals surface area contributed by atoms with E-state index in [1.165, 1.54) is 4.90 Å². The molecule has 0 saturated carbocycles. The van der Waals surface area contributed by atoms with Crippen molar-refractivity contribution < 1.29 is 9.53 Å². The van der Waals surface area contributed by atoms with Gasteiger partial charge in [-0.25, -0.2) is 4.99 Å². The second-order valence-corrected chi connectivity index (χ2v) is 7.97. The van der Waals surface area contributed by atoms with Crippen LogP contribution in [0.2, 0.25) is 0 Å². The zero-order chi connectivity index (χ0) is 21.2. The molecule has 1 heterocycles. The lowest BCUT2D eigenvalue weighted by molar-refractivity contribution is -0.130. The molecule has 1 aliphatic heterocycles. The second-order valence-electron chi connectivity index (χ2n) is 7.97. The zero-order valence-electron chi connectivity index (χ0n) is 18.6. The first kappa shape index (κ1) is 23.0. The van der Waals surface area contributed by atoms with Gasteiger partial charge in [0, 0.05) is 45.8 Å². The van der Waals surface area contributed by atoms with Crippen LogP contribution < -0.4 is 15.4 Å². The molecule has 0 bridgehead atoms. The van der Waals surface area contributed by atoms with Crippen LogP contribution in [0.4, 0.5) is 0 Å². The number of nitrogens with one attached hydrogen (secondary N) is 2. The molecule has 0 aromatic heterocycles. The number of carbonyl (C=O) groups excluding carboxylic acids is 1. The van der Waals surface area contributed by atoms with Gasteiger partial charge in [0.2, 0.25) is 0 Å². The maximum atomic E-state index is 11.7. The highest BCUT2D eigenvalue weighted by atomic mass is 16.5. The Morgan fingerprint density at radius 1 is 1.31 bits per heavy atom. The molecule has 7 nitrogen and oxygen atoms in total. The summed E-state index contributed by atoms with van der Waals surface area (Å²) in [4.78, 5) is 20.5. The number of guanidine groups is 1. The van der Waals surface area contributed by atoms with Crippen LogP contribution in [-0.2, 0) is 11.3 Å². The van der Waals surface area contributed by atoms with Gasteiger partial charge in [-0.1, -0.05) is 12.1 Å². The molecule has 2 N–H and O–H groups in total. The molecule has 1 aromatic rings. The van der Waals surface area contributed by atoms with E-state index >= 15 is 0 Å². The zero-order valence-corrected chi connectivity index (χ0v) is 18.6. The Morgan fingerprint density at radius 3 is 2.66 bits per heavy atom. The summed E-state index contributed by atoms with van der Waals surface area (Å²) >= 11 is 0. The Hall–Kier alpha value is -2.28. The number of aliphatic imine (C=N–C) groups is 1. The van der Waals surface area contributed by atoms with Crippen molar-refractivity contribution in [2.45, 2.75) is 52.2 Å². The lowest BCUT2D eigenvalue weighted by Crippen LogP contribution is -2.49. The maximum Gasteiger partial charge on any atom is 0.259 e. The van der Waals surface area contributed by atoms with Gasteiger partial charge in [-0.15, -0.1) is 0 Å². The average molecular weight is 404 g/mol. The van der Waals surface area contributed by atoms with Crippen LogP contribution in [0.5, 0.6) is 5.75 Å². The van der Waals surface area contributed by atoms with Crippen LogP contribution in [0.1, 0.15) is 39.2 Å². The summed E-state index contributed by atoms with van der Waals surface area (Å²) < 4.78 is 5.60. The highest BCUT2D eigenvalue weighted by Gasteiger charge is 2.21. The minimum atomic E-state index is -0.0597. The summed E-state index contributed by atoms with van der Waals surface area (Å²) in [7, 11) is 3.44. The normalized spacial score (nSPS) is 16.0. The highest BCUT2D eigenvalue weighted by Crippen LogP contribution is 2.15. The van der Waals surface area contributed by atoms with Crippen LogP contribution in [0, 0.1) is 0 Å². The largest absolute Gasteiger partial charge is 0.484 e. The predicted octanol–water partition coefficient (Wildman–Crippen LogP) is 2.08. The van der Waals surface area contributed by atoms with Crippen LogP contribution in [0.25, 0.3) is 0 Å². The van der Waals surface area contributed by atoms with Crippen molar-refractivity contribution in [1.29, 1.82) is 0 Å². The number of benzene rings is 1. The summed E-state index contributed by atoms with van der Waals surface area (Å²) in [5.41, 5.74) is 1.05. The van der Waals surface area contributed by atoms with E-state index in [-0.39, 0.29) is 12.5 Å². The first-order valence-corrected chi connectivity index (χ1v) is 10.6. The van der Waals surface area contributed by atoms with Crippen molar-refractivity contribution in [3.05, 3.63) is 29.8 Å². The van der Waals surface area contributed by atoms with Gasteiger partial charge in [-0.2, -0.15) is 0 Å². The molecule has 2 rings (SSSR count). The second kappa shape index (κ2) is 11.7. The number of hydrogen-bond acceptors (Lipinski definition) is 4. The van der Waals surface area contributed by atoms with Gasteiger partial charge >= 0.3 is 0 Å². The van der Waals surface area contributed by atoms with Crippen LogP contribution in [0.3, 0.4) is 0 Å². The lowest BCUT2D eigenvalue weighted by Gasteiger charge is -2.35. The van der Waals surface area contributed by atoms with Gasteiger partial charge in [0.1, 0.15) is 5.75 Å². The molecular weight excluding hydrogens is 366 g/mol. The monoisotopic (exact) mass is 403 g/mol. The van der Waals surface area contributed by atoms with Crippen LogP contribution >= 0.6 is 0 Å². The first-order valence-electron chi connectivity index (χ1n) is 10.6. The van der Waals surface area contributed by atoms with E-state index in [9.17, 15) is 4.79 Å². The molecule has 29 heavy (non-hydrogen) atoms. The average Bonchev–Trinajstić information content (AvgIpc) is 2.71. The van der Waals surface area contributed by atoms with E-state index in [0.29, 0.717) is 24.4 Å². The van der Waals surface area contributed by atoms with Crippen LogP contribution in [-0.4, -0.2) is 74.1 Å². The summed E-state index contributed by atoms with van der Waals surface area (Å²) in [5, 5.41) is 6.93. The third-order valence-electron chi connectivity index (χ3n) is 5.12. The number of hydrogen-bond donors (Lipinski definition) is 2. The lowest BCUT2D eigenvalue weighted by atomic mass is 10.0. The quantitative estimate of drug-likeness (QED) is 0.514. The van der Waals surface area contributed by atoms with Crippen molar-refractivity contribution in [2.24, 2.45) is 4.99 Å². The van der Waals surface area contributed by atoms with E-state index in [2.05, 4.69) is 36.3 Å². The third kappa shape index (κ3) is 7.93. The van der Waals surface area contributed by atoms with Crippen molar-refractivity contribution in [1.82, 2.24) is 20.4 Å². The minimum Gasteiger partial charge on any atom is -0.484 e. The predicted molar refractivity (Wildman–Crippen MR) is 118 cm³/mol. The van der Waals surface area contributed by atoms with Gasteiger partial charge in [0.15, 0.2) is 12.6 Å². The Bertz CT molecular complexity index is 667. The molecule has 162 valence electrons. The standard InChI is InChI=1S/C22H37N5O2/c1-6-23-22(25-19-10-12-27(13-11-19)17(2)3)24-15-18-8-7-9-20(14-18)29-16-21(28)26(4)5/h7-9,14,17,19H,6,10-13,15-16H2,1-5H3,(H2,23,24,25). The van der Waals surface area contributed by atoms with E-state index in [4.69, 9.17) is 9.73 Å². The number of amides is 1. The fourth-order valence-electron chi connectivity index (χ4n) is 3.25. The van der Waals surface area contributed by atoms with Gasteiger partial charge in [-0.05, 0) is 51.3 Å². The van der Waals surface area contributed by atoms with Gasteiger partial charge in [0.05, 0.1) is 6.54 Å². The number of ether oxygens (including phenoxy) is 1. The smallest absolute Gasteiger partial charge is 0.259 e. The summed E-state index contributed by atoms with van der Waals surface area (Å²) in [6, 6.07) is 8.82. The number of rotatable bonds is 8. The number of likely N-dealkylation sites (tertiary alicyclic amines) is 1. The summed E-state index contributed by atoms with van der Waals surface area (Å²) in [6.07, 6.45) is 2.26.